The summed E-state index contributed by atoms with van der Waals surface area (Å²) in [5.74, 6) is 0. The first-order chi connectivity index (χ1) is 2.81. The Kier molecular flexibility index (Phi) is 9.24. The Morgan fingerprint density at radius 2 is 2.14 bits per heavy atom. The quantitative estimate of drug-likeness (QED) is 0.594. The minimum Gasteiger partial charge on any atom is -0.391 e. The predicted molar refractivity (Wildman–Crippen MR) is 33.6 cm³/mol. The molecule has 0 radical (unpaired) electrons. The van der Waals surface area contributed by atoms with E-state index in [0.29, 0.717) is 0 Å². The number of rotatable bonds is 1. The van der Waals surface area contributed by atoms with Gasteiger partial charge < -0.3 is 5.11 Å². The van der Waals surface area contributed by atoms with Crippen molar-refractivity contribution in [3.8, 4) is 0 Å². The van der Waals surface area contributed by atoms with Crippen LogP contribution in [0.15, 0.2) is 10.6 Å². The molecule has 0 amide bonds. The van der Waals surface area contributed by atoms with Crippen LogP contribution in [-0.2, 0) is 0 Å². The van der Waals surface area contributed by atoms with Crippen molar-refractivity contribution >= 4 is 23.2 Å². The molecule has 0 saturated carbocycles. The molecule has 1 nitrogen and oxygen atoms in total. The van der Waals surface area contributed by atoms with Gasteiger partial charge in [-0.1, -0.05) is 30.6 Å². The summed E-state index contributed by atoms with van der Waals surface area (Å²) in [6, 6.07) is 0. The van der Waals surface area contributed by atoms with E-state index in [4.69, 9.17) is 28.3 Å². The standard InChI is InChI=1S/C3H4Cl2O.CH4/c4-1-3(5)2-6;/h1,6H,2H2;1H4. The second kappa shape index (κ2) is 6.28. The van der Waals surface area contributed by atoms with Gasteiger partial charge >= 0.3 is 0 Å². The van der Waals surface area contributed by atoms with E-state index >= 15 is 0 Å². The van der Waals surface area contributed by atoms with Crippen LogP contribution in [0.1, 0.15) is 7.43 Å². The Morgan fingerprint density at radius 1 is 1.71 bits per heavy atom. The highest BCUT2D eigenvalue weighted by Gasteiger charge is 1.79. The van der Waals surface area contributed by atoms with Crippen LogP contribution in [-0.4, -0.2) is 11.7 Å². The van der Waals surface area contributed by atoms with E-state index in [2.05, 4.69) is 0 Å². The maximum Gasteiger partial charge on any atom is 0.0796 e. The van der Waals surface area contributed by atoms with Crippen LogP contribution in [0.3, 0.4) is 0 Å². The minimum atomic E-state index is -0.176. The number of aliphatic hydroxyl groups excluding tert-OH is 1. The molecular formula is C4H8Cl2O. The lowest BCUT2D eigenvalue weighted by atomic mass is 10.7. The molecule has 0 heterocycles. The zero-order valence-corrected chi connectivity index (χ0v) is 4.50. The van der Waals surface area contributed by atoms with Gasteiger partial charge in [-0.2, -0.15) is 0 Å². The van der Waals surface area contributed by atoms with Gasteiger partial charge in [0.1, 0.15) is 0 Å². The van der Waals surface area contributed by atoms with E-state index < -0.39 is 0 Å². The third-order valence-corrected chi connectivity index (χ3v) is 0.873. The maximum atomic E-state index is 8.05. The molecule has 0 saturated heterocycles. The highest BCUT2D eigenvalue weighted by atomic mass is 35.5. The highest BCUT2D eigenvalue weighted by molar-refractivity contribution is 6.36. The first kappa shape index (κ1) is 10.3. The normalized spacial score (nSPS) is 10.4. The van der Waals surface area contributed by atoms with Crippen molar-refractivity contribution in [1.29, 1.82) is 0 Å². The van der Waals surface area contributed by atoms with Crippen molar-refractivity contribution in [2.24, 2.45) is 0 Å². The molecule has 0 aromatic heterocycles. The zero-order chi connectivity index (χ0) is 4.99. The smallest absolute Gasteiger partial charge is 0.0796 e. The largest absolute Gasteiger partial charge is 0.391 e. The zero-order valence-electron chi connectivity index (χ0n) is 2.99. The third kappa shape index (κ3) is 6.28. The second-order valence-corrected chi connectivity index (χ2v) is 1.42. The lowest BCUT2D eigenvalue weighted by Gasteiger charge is -1.79. The molecule has 7 heavy (non-hydrogen) atoms. The Balaban J connectivity index is 0. The SMILES string of the molecule is C.OCC(Cl)=CCl. The fraction of sp³-hybridized carbons (Fsp3) is 0.500. The first-order valence-corrected chi connectivity index (χ1v) is 2.18. The van der Waals surface area contributed by atoms with Crippen LogP contribution in [0.25, 0.3) is 0 Å². The topological polar surface area (TPSA) is 20.2 Å². The molecule has 0 bridgehead atoms. The van der Waals surface area contributed by atoms with Crippen molar-refractivity contribution in [3.63, 3.8) is 0 Å². The minimum absolute atomic E-state index is 0. The van der Waals surface area contributed by atoms with E-state index in [-0.39, 0.29) is 19.1 Å². The summed E-state index contributed by atoms with van der Waals surface area (Å²) in [7, 11) is 0. The molecule has 3 heteroatoms. The van der Waals surface area contributed by atoms with Crippen LogP contribution in [0.5, 0.6) is 0 Å². The predicted octanol–water partition coefficient (Wildman–Crippen LogP) is 1.93. The average molecular weight is 143 g/mol. The van der Waals surface area contributed by atoms with Crippen molar-refractivity contribution in [2.75, 3.05) is 6.61 Å². The molecule has 0 aliphatic heterocycles. The van der Waals surface area contributed by atoms with Gasteiger partial charge in [0.05, 0.1) is 11.6 Å². The fourth-order valence-corrected chi connectivity index (χ4v) is 0.104. The van der Waals surface area contributed by atoms with E-state index in [1.54, 1.807) is 0 Å². The molecule has 0 aliphatic carbocycles. The van der Waals surface area contributed by atoms with Gasteiger partial charge in [0.25, 0.3) is 0 Å². The van der Waals surface area contributed by atoms with Crippen LogP contribution in [0, 0.1) is 0 Å². The van der Waals surface area contributed by atoms with E-state index in [9.17, 15) is 0 Å². The highest BCUT2D eigenvalue weighted by Crippen LogP contribution is 1.98. The van der Waals surface area contributed by atoms with Crippen LogP contribution < -0.4 is 0 Å². The molecule has 0 aromatic rings. The van der Waals surface area contributed by atoms with E-state index in [0.717, 1.165) is 5.54 Å². The van der Waals surface area contributed by atoms with Crippen LogP contribution >= 0.6 is 23.2 Å². The number of hydrogen-bond donors (Lipinski definition) is 1. The van der Waals surface area contributed by atoms with Gasteiger partial charge in [-0.25, -0.2) is 0 Å². The summed E-state index contributed by atoms with van der Waals surface area (Å²) >= 11 is 10.1. The third-order valence-electron chi connectivity index (χ3n) is 0.269. The molecule has 0 aromatic carbocycles. The van der Waals surface area contributed by atoms with E-state index in [1.807, 2.05) is 0 Å². The summed E-state index contributed by atoms with van der Waals surface area (Å²) in [5, 5.41) is 8.31. The van der Waals surface area contributed by atoms with Crippen molar-refractivity contribution in [2.45, 2.75) is 7.43 Å². The number of hydrogen-bond acceptors (Lipinski definition) is 1. The van der Waals surface area contributed by atoms with Gasteiger partial charge in [-0.15, -0.1) is 0 Å². The molecular weight excluding hydrogens is 135 g/mol. The van der Waals surface area contributed by atoms with Gasteiger partial charge in [0.2, 0.25) is 0 Å². The fourth-order valence-electron chi connectivity index (χ4n) is 0.0345. The van der Waals surface area contributed by atoms with Gasteiger partial charge in [0.15, 0.2) is 0 Å². The van der Waals surface area contributed by atoms with Crippen molar-refractivity contribution < 1.29 is 5.11 Å². The molecule has 0 fully saturated rings. The summed E-state index contributed by atoms with van der Waals surface area (Å²) in [4.78, 5) is 0. The molecule has 0 rings (SSSR count). The number of aliphatic hydroxyl groups is 1. The summed E-state index contributed by atoms with van der Waals surface area (Å²) in [6.07, 6.45) is 0. The molecule has 0 spiro atoms. The lowest BCUT2D eigenvalue weighted by molar-refractivity contribution is 0.339. The average Bonchev–Trinajstić information content (AvgIpc) is 1.65. The van der Waals surface area contributed by atoms with Crippen molar-refractivity contribution in [1.82, 2.24) is 0 Å². The van der Waals surface area contributed by atoms with Gasteiger partial charge in [0, 0.05) is 5.54 Å². The molecule has 44 valence electrons. The Labute approximate surface area is 53.6 Å². The Hall–Kier alpha value is 0.280. The maximum absolute atomic E-state index is 8.05. The van der Waals surface area contributed by atoms with Gasteiger partial charge in [-0.05, 0) is 0 Å². The summed E-state index contributed by atoms with van der Waals surface area (Å²) in [6.45, 7) is -0.176. The van der Waals surface area contributed by atoms with Crippen molar-refractivity contribution in [3.05, 3.63) is 10.6 Å². The second-order valence-electron chi connectivity index (χ2n) is 0.714. The van der Waals surface area contributed by atoms with E-state index in [1.165, 1.54) is 0 Å². The molecule has 0 atom stereocenters. The van der Waals surface area contributed by atoms with Crippen LogP contribution in [0.4, 0.5) is 0 Å². The van der Waals surface area contributed by atoms with Crippen LogP contribution in [0.2, 0.25) is 0 Å². The summed E-state index contributed by atoms with van der Waals surface area (Å²) < 4.78 is 0. The Morgan fingerprint density at radius 3 is 2.14 bits per heavy atom. The Bertz CT molecular complexity index is 60.7. The molecule has 1 N–H and O–H groups in total. The monoisotopic (exact) mass is 142 g/mol. The summed E-state index contributed by atoms with van der Waals surface area (Å²) in [5.41, 5.74) is 1.13. The lowest BCUT2D eigenvalue weighted by Crippen LogP contribution is -1.75. The first-order valence-electron chi connectivity index (χ1n) is 1.37. The molecule has 0 unspecified atom stereocenters. The van der Waals surface area contributed by atoms with Gasteiger partial charge in [-0.3, -0.25) is 0 Å². The number of halogens is 2. The molecule has 0 aliphatic rings.